The molecule has 0 aromatic carbocycles. The lowest BCUT2D eigenvalue weighted by Crippen LogP contribution is -2.65. The molecule has 2 fully saturated rings. The lowest BCUT2D eigenvalue weighted by molar-refractivity contribution is -0.153. The molecule has 0 saturated carbocycles. The predicted molar refractivity (Wildman–Crippen MR) is 76.2 cm³/mol. The van der Waals surface area contributed by atoms with Gasteiger partial charge in [0.1, 0.15) is 12.1 Å². The third-order valence-electron chi connectivity index (χ3n) is 4.14. The van der Waals surface area contributed by atoms with Gasteiger partial charge < -0.3 is 15.0 Å². The SMILES string of the molecule is CCCC1NC(=O)C(C(C)C)N(CC2CCCO2)C1=O. The average Bonchev–Trinajstić information content (AvgIpc) is 2.88. The third kappa shape index (κ3) is 3.14. The number of carbonyl (C=O) groups is 2. The van der Waals surface area contributed by atoms with Crippen LogP contribution in [0.5, 0.6) is 0 Å². The first kappa shape index (κ1) is 15.3. The summed E-state index contributed by atoms with van der Waals surface area (Å²) in [7, 11) is 0. The first-order valence-electron chi connectivity index (χ1n) is 7.77. The van der Waals surface area contributed by atoms with E-state index in [2.05, 4.69) is 5.32 Å². The summed E-state index contributed by atoms with van der Waals surface area (Å²) >= 11 is 0. The van der Waals surface area contributed by atoms with Gasteiger partial charge in [0.05, 0.1) is 6.10 Å². The summed E-state index contributed by atoms with van der Waals surface area (Å²) in [5.41, 5.74) is 0. The van der Waals surface area contributed by atoms with E-state index in [0.29, 0.717) is 13.0 Å². The average molecular weight is 282 g/mol. The number of ether oxygens (including phenoxy) is 1. The maximum Gasteiger partial charge on any atom is 0.245 e. The molecule has 0 aromatic heterocycles. The van der Waals surface area contributed by atoms with Crippen LogP contribution < -0.4 is 5.32 Å². The number of nitrogens with zero attached hydrogens (tertiary/aromatic N) is 1. The first-order valence-corrected chi connectivity index (χ1v) is 7.77. The van der Waals surface area contributed by atoms with Gasteiger partial charge in [-0.05, 0) is 25.2 Å². The predicted octanol–water partition coefficient (Wildman–Crippen LogP) is 1.32. The summed E-state index contributed by atoms with van der Waals surface area (Å²) < 4.78 is 5.64. The van der Waals surface area contributed by atoms with Crippen molar-refractivity contribution in [3.05, 3.63) is 0 Å². The van der Waals surface area contributed by atoms with Crippen LogP contribution >= 0.6 is 0 Å². The largest absolute Gasteiger partial charge is 0.376 e. The highest BCUT2D eigenvalue weighted by Gasteiger charge is 2.42. The molecule has 5 heteroatoms. The van der Waals surface area contributed by atoms with Gasteiger partial charge in [-0.1, -0.05) is 27.2 Å². The lowest BCUT2D eigenvalue weighted by atomic mass is 9.95. The van der Waals surface area contributed by atoms with Gasteiger partial charge in [0.25, 0.3) is 0 Å². The molecule has 3 atom stereocenters. The number of nitrogens with one attached hydrogen (secondary N) is 1. The molecular formula is C15H26N2O3. The molecule has 0 radical (unpaired) electrons. The molecule has 0 spiro atoms. The van der Waals surface area contributed by atoms with Crippen LogP contribution in [0.2, 0.25) is 0 Å². The van der Waals surface area contributed by atoms with Gasteiger partial charge in [0.15, 0.2) is 0 Å². The van der Waals surface area contributed by atoms with Gasteiger partial charge in [0.2, 0.25) is 11.8 Å². The van der Waals surface area contributed by atoms with Gasteiger partial charge in [0, 0.05) is 13.2 Å². The van der Waals surface area contributed by atoms with Crippen molar-refractivity contribution in [2.45, 2.75) is 64.6 Å². The standard InChI is InChI=1S/C15H26N2O3/c1-4-6-12-15(19)17(9-11-7-5-8-20-11)13(10(2)3)14(18)16-12/h10-13H,4-9H2,1-3H3,(H,16,18). The third-order valence-corrected chi connectivity index (χ3v) is 4.14. The van der Waals surface area contributed by atoms with Crippen molar-refractivity contribution in [3.8, 4) is 0 Å². The van der Waals surface area contributed by atoms with Crippen molar-refractivity contribution in [3.63, 3.8) is 0 Å². The van der Waals surface area contributed by atoms with E-state index in [1.54, 1.807) is 4.90 Å². The second-order valence-electron chi connectivity index (χ2n) is 6.16. The Morgan fingerprint density at radius 1 is 1.40 bits per heavy atom. The Balaban J connectivity index is 2.14. The molecule has 2 heterocycles. The van der Waals surface area contributed by atoms with Gasteiger partial charge in [-0.3, -0.25) is 9.59 Å². The topological polar surface area (TPSA) is 58.6 Å². The summed E-state index contributed by atoms with van der Waals surface area (Å²) in [6, 6.07) is -0.719. The van der Waals surface area contributed by atoms with Crippen molar-refractivity contribution < 1.29 is 14.3 Å². The molecule has 0 bridgehead atoms. The summed E-state index contributed by atoms with van der Waals surface area (Å²) in [5, 5.41) is 2.88. The Morgan fingerprint density at radius 3 is 2.70 bits per heavy atom. The summed E-state index contributed by atoms with van der Waals surface area (Å²) in [5.74, 6) is 0.152. The van der Waals surface area contributed by atoms with Gasteiger partial charge in [-0.2, -0.15) is 0 Å². The maximum absolute atomic E-state index is 12.6. The molecule has 5 nitrogen and oxygen atoms in total. The molecule has 0 aliphatic carbocycles. The van der Waals surface area contributed by atoms with Crippen molar-refractivity contribution in [1.82, 2.24) is 10.2 Å². The molecule has 2 aliphatic heterocycles. The highest BCUT2D eigenvalue weighted by atomic mass is 16.5. The molecule has 2 amide bonds. The van der Waals surface area contributed by atoms with Crippen LogP contribution in [0.4, 0.5) is 0 Å². The maximum atomic E-state index is 12.6. The van der Waals surface area contributed by atoms with Crippen LogP contribution in [-0.2, 0) is 14.3 Å². The minimum Gasteiger partial charge on any atom is -0.376 e. The number of piperazine rings is 1. The molecule has 2 rings (SSSR count). The first-order chi connectivity index (χ1) is 9.54. The molecule has 0 aromatic rings. The summed E-state index contributed by atoms with van der Waals surface area (Å²) in [6.45, 7) is 7.32. The van der Waals surface area contributed by atoms with Crippen molar-refractivity contribution in [1.29, 1.82) is 0 Å². The second-order valence-corrected chi connectivity index (χ2v) is 6.16. The van der Waals surface area contributed by atoms with Crippen LogP contribution in [0.15, 0.2) is 0 Å². The van der Waals surface area contributed by atoms with E-state index in [4.69, 9.17) is 4.74 Å². The van der Waals surface area contributed by atoms with Crippen LogP contribution in [0.1, 0.15) is 46.5 Å². The van der Waals surface area contributed by atoms with Gasteiger partial charge in [-0.15, -0.1) is 0 Å². The molecule has 2 saturated heterocycles. The zero-order chi connectivity index (χ0) is 14.7. The molecule has 2 aliphatic rings. The lowest BCUT2D eigenvalue weighted by Gasteiger charge is -2.41. The fourth-order valence-corrected chi connectivity index (χ4v) is 3.16. The Hall–Kier alpha value is -1.10. The molecule has 114 valence electrons. The number of amides is 2. The van der Waals surface area contributed by atoms with Crippen LogP contribution in [-0.4, -0.2) is 48.1 Å². The molecule has 3 unspecified atom stereocenters. The van der Waals surface area contributed by atoms with Crippen LogP contribution in [0, 0.1) is 5.92 Å². The normalized spacial score (nSPS) is 31.0. The van der Waals surface area contributed by atoms with Crippen molar-refractivity contribution in [2.75, 3.05) is 13.2 Å². The van der Waals surface area contributed by atoms with Crippen LogP contribution in [0.25, 0.3) is 0 Å². The van der Waals surface area contributed by atoms with E-state index in [1.165, 1.54) is 0 Å². The van der Waals surface area contributed by atoms with E-state index in [0.717, 1.165) is 25.9 Å². The van der Waals surface area contributed by atoms with Gasteiger partial charge >= 0.3 is 0 Å². The van der Waals surface area contributed by atoms with E-state index < -0.39 is 0 Å². The highest BCUT2D eigenvalue weighted by Crippen LogP contribution is 2.22. The Labute approximate surface area is 121 Å². The van der Waals surface area contributed by atoms with Crippen molar-refractivity contribution in [2.24, 2.45) is 5.92 Å². The smallest absolute Gasteiger partial charge is 0.245 e. The van der Waals surface area contributed by atoms with E-state index >= 15 is 0 Å². The number of rotatable bonds is 5. The number of hydrogen-bond donors (Lipinski definition) is 1. The fraction of sp³-hybridized carbons (Fsp3) is 0.867. The molecule has 1 N–H and O–H groups in total. The Bertz CT molecular complexity index is 364. The monoisotopic (exact) mass is 282 g/mol. The van der Waals surface area contributed by atoms with Crippen LogP contribution in [0.3, 0.4) is 0 Å². The van der Waals surface area contributed by atoms with E-state index in [-0.39, 0.29) is 35.9 Å². The fourth-order valence-electron chi connectivity index (χ4n) is 3.16. The quantitative estimate of drug-likeness (QED) is 0.827. The number of hydrogen-bond acceptors (Lipinski definition) is 3. The second kappa shape index (κ2) is 6.57. The zero-order valence-electron chi connectivity index (χ0n) is 12.7. The number of carbonyl (C=O) groups excluding carboxylic acids is 2. The minimum absolute atomic E-state index is 0.0175. The van der Waals surface area contributed by atoms with E-state index in [1.807, 2.05) is 20.8 Å². The van der Waals surface area contributed by atoms with Crippen molar-refractivity contribution >= 4 is 11.8 Å². The summed E-state index contributed by atoms with van der Waals surface area (Å²) in [6.07, 6.45) is 3.71. The molecular weight excluding hydrogens is 256 g/mol. The Morgan fingerprint density at radius 2 is 2.15 bits per heavy atom. The Kier molecular flexibility index (Phi) is 5.02. The molecule has 20 heavy (non-hydrogen) atoms. The summed E-state index contributed by atoms with van der Waals surface area (Å²) in [4.78, 5) is 26.7. The van der Waals surface area contributed by atoms with Gasteiger partial charge in [-0.25, -0.2) is 0 Å². The zero-order valence-corrected chi connectivity index (χ0v) is 12.7. The highest BCUT2D eigenvalue weighted by molar-refractivity contribution is 5.97. The minimum atomic E-state index is -0.361. The van der Waals surface area contributed by atoms with E-state index in [9.17, 15) is 9.59 Å².